The number of para-hydroxylation sites is 1. The third-order valence-electron chi connectivity index (χ3n) is 8.18. The van der Waals surface area contributed by atoms with Gasteiger partial charge in [-0.2, -0.15) is 0 Å². The van der Waals surface area contributed by atoms with Gasteiger partial charge >= 0.3 is 0 Å². The Morgan fingerprint density at radius 2 is 1.98 bits per heavy atom. The van der Waals surface area contributed by atoms with Gasteiger partial charge in [0.05, 0.1) is 28.6 Å². The number of aryl methyl sites for hydroxylation is 2. The third kappa shape index (κ3) is 7.10. The van der Waals surface area contributed by atoms with Crippen molar-refractivity contribution in [1.82, 2.24) is 20.1 Å². The molecule has 3 amide bonds. The van der Waals surface area contributed by atoms with Crippen LogP contribution in [0.15, 0.2) is 47.5 Å². The Balaban J connectivity index is 1.23. The number of fused-ring (bicyclic) bond motifs is 2. The molecule has 2 fully saturated rings. The van der Waals surface area contributed by atoms with Crippen LogP contribution in [0, 0.1) is 6.92 Å². The Morgan fingerprint density at radius 1 is 1.18 bits per heavy atom. The number of nitrogens with two attached hydrogens (primary N) is 1. The molecule has 3 N–H and O–H groups in total. The van der Waals surface area contributed by atoms with E-state index in [0.717, 1.165) is 27.8 Å². The van der Waals surface area contributed by atoms with E-state index in [-0.39, 0.29) is 24.1 Å². The predicted molar refractivity (Wildman–Crippen MR) is 172 cm³/mol. The molecule has 3 aromatic rings. The SMILES string of the molecule is CC(N)=NCCC[C@H](NC(=O)[C@@H]1CC[C@H]2C(=O)N(CCCc3ccc(C)c(Cl)c3)CC(=O)N12)C(=O)c1nc2ccccc2s1. The number of nitrogens with one attached hydrogen (secondary N) is 1. The zero-order valence-electron chi connectivity index (χ0n) is 24.9. The highest BCUT2D eigenvalue weighted by Gasteiger charge is 2.49. The highest BCUT2D eigenvalue weighted by Crippen LogP contribution is 2.30. The highest BCUT2D eigenvalue weighted by molar-refractivity contribution is 7.20. The second kappa shape index (κ2) is 13.9. The van der Waals surface area contributed by atoms with E-state index in [1.165, 1.54) is 16.2 Å². The Morgan fingerprint density at radius 3 is 2.73 bits per heavy atom. The van der Waals surface area contributed by atoms with Gasteiger partial charge in [0.25, 0.3) is 0 Å². The molecule has 3 atom stereocenters. The molecule has 44 heavy (non-hydrogen) atoms. The van der Waals surface area contributed by atoms with E-state index >= 15 is 0 Å². The number of nitrogens with zero attached hydrogens (tertiary/aromatic N) is 4. The number of ketones is 1. The summed E-state index contributed by atoms with van der Waals surface area (Å²) in [5.74, 6) is -0.672. The number of Topliss-reactive ketones (excluding diaryl/α,β-unsaturated/α-hetero) is 1. The summed E-state index contributed by atoms with van der Waals surface area (Å²) in [6.07, 6.45) is 3.03. The lowest BCUT2D eigenvalue weighted by Gasteiger charge is -2.38. The largest absolute Gasteiger partial charge is 0.388 e. The number of hydrogen-bond donors (Lipinski definition) is 2. The molecular formula is C32H37ClN6O4S. The van der Waals surface area contributed by atoms with Crippen LogP contribution in [0.4, 0.5) is 0 Å². The zero-order chi connectivity index (χ0) is 31.4. The Labute approximate surface area is 265 Å². The summed E-state index contributed by atoms with van der Waals surface area (Å²) >= 11 is 7.53. The standard InChI is InChI=1S/C32H37ClN6O4S/c1-19-11-12-21(17-22(19)33)7-6-16-38-18-28(40)39-25(13-14-26(39)32(38)43)30(42)36-24(9-5-15-35-20(2)34)29(41)31-37-23-8-3-4-10-27(23)44-31/h3-4,8,10-12,17,24-26H,5-7,9,13-16,18H2,1-2H3,(H2,34,35)(H,36,42)/t24-,25-,26-/m0/s1. The summed E-state index contributed by atoms with van der Waals surface area (Å²) in [6, 6.07) is 11.1. The molecule has 2 aliphatic rings. The van der Waals surface area contributed by atoms with Gasteiger partial charge in [-0.1, -0.05) is 35.9 Å². The van der Waals surface area contributed by atoms with Crippen LogP contribution in [0.2, 0.25) is 5.02 Å². The van der Waals surface area contributed by atoms with Gasteiger partial charge in [0.15, 0.2) is 5.01 Å². The first-order valence-corrected chi connectivity index (χ1v) is 16.1. The average Bonchev–Trinajstić information content (AvgIpc) is 3.64. The van der Waals surface area contributed by atoms with Crippen molar-refractivity contribution in [3.63, 3.8) is 0 Å². The number of carbonyl (C=O) groups excluding carboxylic acids is 4. The van der Waals surface area contributed by atoms with Gasteiger partial charge in [-0.25, -0.2) is 4.98 Å². The minimum Gasteiger partial charge on any atom is -0.388 e. The normalized spacial score (nSPS) is 19.4. The first kappa shape index (κ1) is 31.6. The molecule has 0 spiro atoms. The fourth-order valence-electron chi connectivity index (χ4n) is 5.86. The van der Waals surface area contributed by atoms with Crippen molar-refractivity contribution in [2.75, 3.05) is 19.6 Å². The molecule has 12 heteroatoms. The lowest BCUT2D eigenvalue weighted by atomic mass is 10.1. The fraction of sp³-hybridized carbons (Fsp3) is 0.438. The number of carbonyl (C=O) groups is 4. The first-order valence-electron chi connectivity index (χ1n) is 14.9. The van der Waals surface area contributed by atoms with Gasteiger partial charge in [-0.15, -0.1) is 11.3 Å². The first-order chi connectivity index (χ1) is 21.1. The summed E-state index contributed by atoms with van der Waals surface area (Å²) in [7, 11) is 0. The van der Waals surface area contributed by atoms with Crippen molar-refractivity contribution in [3.05, 3.63) is 63.6 Å². The van der Waals surface area contributed by atoms with Gasteiger partial charge in [0, 0.05) is 18.1 Å². The summed E-state index contributed by atoms with van der Waals surface area (Å²) in [6.45, 7) is 4.43. The Kier molecular flexibility index (Phi) is 9.95. The van der Waals surface area contributed by atoms with E-state index in [1.807, 2.05) is 49.4 Å². The van der Waals surface area contributed by atoms with Crippen LogP contribution >= 0.6 is 22.9 Å². The van der Waals surface area contributed by atoms with Crippen LogP contribution in [0.3, 0.4) is 0 Å². The molecule has 5 rings (SSSR count). The Bertz CT molecular complexity index is 1570. The van der Waals surface area contributed by atoms with Crippen molar-refractivity contribution in [3.8, 4) is 0 Å². The lowest BCUT2D eigenvalue weighted by Crippen LogP contribution is -2.62. The molecule has 0 radical (unpaired) electrons. The summed E-state index contributed by atoms with van der Waals surface area (Å²) in [5.41, 5.74) is 8.47. The average molecular weight is 637 g/mol. The van der Waals surface area contributed by atoms with Gasteiger partial charge < -0.3 is 20.9 Å². The number of hydrogen-bond acceptors (Lipinski definition) is 7. The number of benzene rings is 2. The van der Waals surface area contributed by atoms with Crippen LogP contribution in [0.5, 0.6) is 0 Å². The van der Waals surface area contributed by atoms with E-state index in [1.54, 1.807) is 11.8 Å². The molecule has 1 aromatic heterocycles. The topological polar surface area (TPSA) is 138 Å². The molecule has 0 unspecified atom stereocenters. The Hall–Kier alpha value is -3.83. The van der Waals surface area contributed by atoms with Crippen molar-refractivity contribution in [1.29, 1.82) is 0 Å². The maximum atomic E-state index is 13.6. The molecule has 3 heterocycles. The van der Waals surface area contributed by atoms with Crippen LogP contribution in [0.25, 0.3) is 10.2 Å². The molecule has 2 aromatic carbocycles. The van der Waals surface area contributed by atoms with E-state index in [9.17, 15) is 19.2 Å². The van der Waals surface area contributed by atoms with E-state index in [4.69, 9.17) is 17.3 Å². The summed E-state index contributed by atoms with van der Waals surface area (Å²) < 4.78 is 0.882. The monoisotopic (exact) mass is 636 g/mol. The second-order valence-corrected chi connectivity index (χ2v) is 12.9. The number of piperazine rings is 1. The second-order valence-electron chi connectivity index (χ2n) is 11.4. The highest BCUT2D eigenvalue weighted by atomic mass is 35.5. The van der Waals surface area contributed by atoms with E-state index < -0.39 is 24.0 Å². The molecule has 2 aliphatic heterocycles. The number of halogens is 1. The number of rotatable bonds is 12. The molecule has 0 aliphatic carbocycles. The summed E-state index contributed by atoms with van der Waals surface area (Å²) in [4.78, 5) is 65.6. The van der Waals surface area contributed by atoms with E-state index in [2.05, 4.69) is 15.3 Å². The predicted octanol–water partition coefficient (Wildman–Crippen LogP) is 3.92. The smallest absolute Gasteiger partial charge is 0.245 e. The molecular weight excluding hydrogens is 600 g/mol. The lowest BCUT2D eigenvalue weighted by molar-refractivity contribution is -0.157. The molecule has 0 saturated carbocycles. The van der Waals surface area contributed by atoms with Crippen LogP contribution in [-0.4, -0.2) is 81.9 Å². The number of amides is 3. The minimum atomic E-state index is -0.849. The quantitative estimate of drug-likeness (QED) is 0.134. The summed E-state index contributed by atoms with van der Waals surface area (Å²) in [5, 5.41) is 3.92. The minimum absolute atomic E-state index is 0.0712. The molecule has 2 saturated heterocycles. The van der Waals surface area contributed by atoms with Gasteiger partial charge in [0.2, 0.25) is 23.5 Å². The number of aromatic nitrogens is 1. The van der Waals surface area contributed by atoms with Crippen molar-refractivity contribution >= 4 is 62.5 Å². The number of thiazole rings is 1. The van der Waals surface area contributed by atoms with Crippen molar-refractivity contribution < 1.29 is 19.2 Å². The van der Waals surface area contributed by atoms with Gasteiger partial charge in [-0.05, 0) is 81.7 Å². The van der Waals surface area contributed by atoms with Crippen LogP contribution in [-0.2, 0) is 20.8 Å². The maximum absolute atomic E-state index is 13.6. The number of amidine groups is 1. The molecule has 0 bridgehead atoms. The third-order valence-corrected chi connectivity index (χ3v) is 9.64. The van der Waals surface area contributed by atoms with Crippen LogP contribution < -0.4 is 11.1 Å². The van der Waals surface area contributed by atoms with E-state index in [0.29, 0.717) is 61.1 Å². The van der Waals surface area contributed by atoms with Crippen molar-refractivity contribution in [2.45, 2.75) is 70.5 Å². The van der Waals surface area contributed by atoms with Crippen molar-refractivity contribution in [2.24, 2.45) is 10.7 Å². The maximum Gasteiger partial charge on any atom is 0.245 e. The zero-order valence-corrected chi connectivity index (χ0v) is 26.5. The van der Waals surface area contributed by atoms with Gasteiger partial charge in [-0.3, -0.25) is 24.2 Å². The molecule has 10 nitrogen and oxygen atoms in total. The van der Waals surface area contributed by atoms with Crippen LogP contribution in [0.1, 0.15) is 60.0 Å². The number of aliphatic imine (C=N–C) groups is 1. The molecule has 232 valence electrons. The fourth-order valence-corrected chi connectivity index (χ4v) is 7.02. The van der Waals surface area contributed by atoms with Gasteiger partial charge in [0.1, 0.15) is 12.1 Å².